The molecule has 1 unspecified atom stereocenters. The van der Waals surface area contributed by atoms with E-state index >= 15 is 0 Å². The molecule has 2 N–H and O–H groups in total. The monoisotopic (exact) mass is 251 g/mol. The fourth-order valence-electron chi connectivity index (χ4n) is 1.22. The summed E-state index contributed by atoms with van der Waals surface area (Å²) in [6, 6.07) is 0. The first kappa shape index (κ1) is 15.4. The first-order chi connectivity index (χ1) is 6.92. The lowest BCUT2D eigenvalue weighted by Gasteiger charge is -2.27. The maximum atomic E-state index is 11.8. The highest BCUT2D eigenvalue weighted by atomic mass is 32.2. The second kappa shape index (κ2) is 4.71. The minimum Gasteiger partial charge on any atom is -0.480 e. The van der Waals surface area contributed by atoms with Gasteiger partial charge in [-0.3, -0.25) is 4.79 Å². The van der Waals surface area contributed by atoms with Crippen molar-refractivity contribution in [3.8, 4) is 0 Å². The van der Waals surface area contributed by atoms with Crippen LogP contribution in [0, 0.1) is 5.41 Å². The van der Waals surface area contributed by atoms with Gasteiger partial charge in [-0.15, -0.1) is 0 Å². The van der Waals surface area contributed by atoms with Crippen LogP contribution in [0.15, 0.2) is 0 Å². The van der Waals surface area contributed by atoms with Crippen LogP contribution in [0.2, 0.25) is 0 Å². The Hall–Kier alpha value is -0.620. The van der Waals surface area contributed by atoms with Gasteiger partial charge in [0, 0.05) is 0 Å². The maximum absolute atomic E-state index is 11.8. The van der Waals surface area contributed by atoms with Crippen molar-refractivity contribution >= 4 is 16.0 Å². The SMILES string of the molecule is CCC(C)(NS(=O)(=O)CC(C)(C)C)C(=O)O. The van der Waals surface area contributed by atoms with Crippen LogP contribution in [0.5, 0.6) is 0 Å². The molecule has 0 saturated heterocycles. The third-order valence-electron chi connectivity index (χ3n) is 2.18. The fourth-order valence-corrected chi connectivity index (χ4v) is 3.35. The van der Waals surface area contributed by atoms with Crippen molar-refractivity contribution in [3.05, 3.63) is 0 Å². The lowest BCUT2D eigenvalue weighted by molar-refractivity contribution is -0.143. The number of hydrogen-bond acceptors (Lipinski definition) is 3. The molecule has 0 aliphatic heterocycles. The molecule has 0 heterocycles. The van der Waals surface area contributed by atoms with Gasteiger partial charge in [-0.05, 0) is 18.8 Å². The molecule has 6 heteroatoms. The predicted octanol–water partition coefficient (Wildman–Crippen LogP) is 1.21. The van der Waals surface area contributed by atoms with E-state index in [1.807, 2.05) is 0 Å². The van der Waals surface area contributed by atoms with E-state index < -0.39 is 26.9 Å². The molecule has 0 saturated carbocycles. The van der Waals surface area contributed by atoms with Crippen LogP contribution >= 0.6 is 0 Å². The summed E-state index contributed by atoms with van der Waals surface area (Å²) >= 11 is 0. The number of carboxylic acids is 1. The van der Waals surface area contributed by atoms with E-state index in [4.69, 9.17) is 5.11 Å². The van der Waals surface area contributed by atoms with Crippen molar-refractivity contribution in [2.75, 3.05) is 5.75 Å². The highest BCUT2D eigenvalue weighted by Gasteiger charge is 2.36. The van der Waals surface area contributed by atoms with Crippen molar-refractivity contribution in [1.82, 2.24) is 4.72 Å². The van der Waals surface area contributed by atoms with Gasteiger partial charge in [-0.25, -0.2) is 8.42 Å². The molecule has 96 valence electrons. The largest absolute Gasteiger partial charge is 0.480 e. The molecule has 0 aromatic carbocycles. The molecule has 0 fully saturated rings. The van der Waals surface area contributed by atoms with Gasteiger partial charge in [-0.1, -0.05) is 27.7 Å². The normalized spacial score (nSPS) is 16.8. The van der Waals surface area contributed by atoms with Crippen LogP contribution in [0.4, 0.5) is 0 Å². The number of sulfonamides is 1. The average Bonchev–Trinajstić information content (AvgIpc) is 1.97. The summed E-state index contributed by atoms with van der Waals surface area (Å²) in [4.78, 5) is 11.0. The van der Waals surface area contributed by atoms with E-state index in [1.165, 1.54) is 6.92 Å². The number of aliphatic carboxylic acids is 1. The van der Waals surface area contributed by atoms with Gasteiger partial charge in [0.25, 0.3) is 0 Å². The van der Waals surface area contributed by atoms with Gasteiger partial charge in [0.1, 0.15) is 5.54 Å². The van der Waals surface area contributed by atoms with E-state index in [2.05, 4.69) is 4.72 Å². The zero-order chi connectivity index (χ0) is 13.2. The lowest BCUT2D eigenvalue weighted by atomic mass is 10.0. The Morgan fingerprint density at radius 1 is 1.25 bits per heavy atom. The maximum Gasteiger partial charge on any atom is 0.324 e. The molecule has 16 heavy (non-hydrogen) atoms. The molecule has 0 amide bonds. The third kappa shape index (κ3) is 4.94. The summed E-state index contributed by atoms with van der Waals surface area (Å²) in [7, 11) is -3.58. The van der Waals surface area contributed by atoms with Crippen molar-refractivity contribution in [3.63, 3.8) is 0 Å². The Morgan fingerprint density at radius 2 is 1.69 bits per heavy atom. The summed E-state index contributed by atoms with van der Waals surface area (Å²) < 4.78 is 25.7. The van der Waals surface area contributed by atoms with Gasteiger partial charge < -0.3 is 5.11 Å². The molecule has 5 nitrogen and oxygen atoms in total. The number of rotatable bonds is 5. The first-order valence-electron chi connectivity index (χ1n) is 5.17. The Kier molecular flexibility index (Phi) is 4.53. The van der Waals surface area contributed by atoms with Crippen LogP contribution < -0.4 is 4.72 Å². The molecular formula is C10H21NO4S. The fraction of sp³-hybridized carbons (Fsp3) is 0.900. The molecular weight excluding hydrogens is 230 g/mol. The van der Waals surface area contributed by atoms with Crippen molar-refractivity contribution in [1.29, 1.82) is 0 Å². The lowest BCUT2D eigenvalue weighted by Crippen LogP contribution is -2.53. The van der Waals surface area contributed by atoms with Gasteiger partial charge in [0.15, 0.2) is 0 Å². The average molecular weight is 251 g/mol. The molecule has 0 aromatic rings. The topological polar surface area (TPSA) is 83.5 Å². The molecule has 0 aliphatic rings. The molecule has 0 spiro atoms. The minimum atomic E-state index is -3.58. The second-order valence-electron chi connectivity index (χ2n) is 5.41. The third-order valence-corrected chi connectivity index (χ3v) is 4.19. The Morgan fingerprint density at radius 3 is 1.94 bits per heavy atom. The van der Waals surface area contributed by atoms with E-state index in [1.54, 1.807) is 27.7 Å². The van der Waals surface area contributed by atoms with Crippen molar-refractivity contribution in [2.24, 2.45) is 5.41 Å². The van der Waals surface area contributed by atoms with E-state index in [-0.39, 0.29) is 12.2 Å². The van der Waals surface area contributed by atoms with Gasteiger partial charge in [0.05, 0.1) is 5.75 Å². The van der Waals surface area contributed by atoms with Crippen molar-refractivity contribution < 1.29 is 18.3 Å². The molecule has 0 radical (unpaired) electrons. The van der Waals surface area contributed by atoms with E-state index in [0.717, 1.165) is 0 Å². The molecule has 1 atom stereocenters. The zero-order valence-corrected chi connectivity index (χ0v) is 11.3. The molecule has 0 aromatic heterocycles. The molecule has 0 rings (SSSR count). The molecule has 0 bridgehead atoms. The van der Waals surface area contributed by atoms with Crippen LogP contribution in [-0.2, 0) is 14.8 Å². The Labute approximate surface area is 97.3 Å². The van der Waals surface area contributed by atoms with Crippen LogP contribution in [0.1, 0.15) is 41.0 Å². The van der Waals surface area contributed by atoms with Crippen LogP contribution in [-0.4, -0.2) is 30.8 Å². The number of nitrogens with one attached hydrogen (secondary N) is 1. The predicted molar refractivity (Wildman–Crippen MR) is 62.7 cm³/mol. The Balaban J connectivity index is 4.90. The van der Waals surface area contributed by atoms with E-state index in [0.29, 0.717) is 0 Å². The summed E-state index contributed by atoms with van der Waals surface area (Å²) in [5.41, 5.74) is -1.83. The quantitative estimate of drug-likeness (QED) is 0.769. The van der Waals surface area contributed by atoms with Gasteiger partial charge in [0.2, 0.25) is 10.0 Å². The first-order valence-corrected chi connectivity index (χ1v) is 6.82. The molecule has 0 aliphatic carbocycles. The van der Waals surface area contributed by atoms with Crippen molar-refractivity contribution in [2.45, 2.75) is 46.6 Å². The second-order valence-corrected chi connectivity index (χ2v) is 7.13. The summed E-state index contributed by atoms with van der Waals surface area (Å²) in [5, 5.41) is 8.97. The van der Waals surface area contributed by atoms with Crippen LogP contribution in [0.3, 0.4) is 0 Å². The summed E-state index contributed by atoms with van der Waals surface area (Å²) in [5.74, 6) is -1.25. The highest BCUT2D eigenvalue weighted by Crippen LogP contribution is 2.18. The number of carbonyl (C=O) groups is 1. The van der Waals surface area contributed by atoms with Gasteiger partial charge in [-0.2, -0.15) is 4.72 Å². The summed E-state index contributed by atoms with van der Waals surface area (Å²) in [6.45, 7) is 8.37. The highest BCUT2D eigenvalue weighted by molar-refractivity contribution is 7.89. The Bertz CT molecular complexity index is 356. The van der Waals surface area contributed by atoms with Gasteiger partial charge >= 0.3 is 5.97 Å². The smallest absolute Gasteiger partial charge is 0.324 e. The standard InChI is InChI=1S/C10H21NO4S/c1-6-10(5,8(12)13)11-16(14,15)7-9(2,3)4/h11H,6-7H2,1-5H3,(H,12,13). The number of hydrogen-bond donors (Lipinski definition) is 2. The summed E-state index contributed by atoms with van der Waals surface area (Å²) in [6.07, 6.45) is 0.200. The van der Waals surface area contributed by atoms with Crippen LogP contribution in [0.25, 0.3) is 0 Å². The van der Waals surface area contributed by atoms with E-state index in [9.17, 15) is 13.2 Å². The minimum absolute atomic E-state index is 0.0944. The zero-order valence-electron chi connectivity index (χ0n) is 10.5. The number of carboxylic acid groups (broad SMARTS) is 1.